The molecular formula is C20H22N2O4. The van der Waals surface area contributed by atoms with Crippen molar-refractivity contribution in [3.8, 4) is 0 Å². The summed E-state index contributed by atoms with van der Waals surface area (Å²) in [5, 5.41) is 14.6. The van der Waals surface area contributed by atoms with E-state index in [1.807, 2.05) is 20.8 Å². The average Bonchev–Trinajstić information content (AvgIpc) is 2.56. The molecule has 136 valence electrons. The van der Waals surface area contributed by atoms with Gasteiger partial charge in [0, 0.05) is 17.3 Å². The lowest BCUT2D eigenvalue weighted by Gasteiger charge is -2.12. The summed E-state index contributed by atoms with van der Waals surface area (Å²) in [4.78, 5) is 35.5. The normalized spacial score (nSPS) is 10.5. The topological polar surface area (TPSA) is 95.5 Å². The van der Waals surface area contributed by atoms with Gasteiger partial charge in [0.25, 0.3) is 5.91 Å². The van der Waals surface area contributed by atoms with Gasteiger partial charge in [0.2, 0.25) is 5.91 Å². The lowest BCUT2D eigenvalue weighted by Crippen LogP contribution is -2.30. The number of benzene rings is 2. The van der Waals surface area contributed by atoms with Gasteiger partial charge in [-0.25, -0.2) is 4.79 Å². The predicted molar refractivity (Wildman–Crippen MR) is 99.5 cm³/mol. The van der Waals surface area contributed by atoms with Crippen molar-refractivity contribution in [1.29, 1.82) is 0 Å². The molecule has 2 aromatic rings. The van der Waals surface area contributed by atoms with Crippen LogP contribution in [0.1, 0.15) is 45.7 Å². The summed E-state index contributed by atoms with van der Waals surface area (Å²) in [6.45, 7) is 5.59. The summed E-state index contributed by atoms with van der Waals surface area (Å²) in [6, 6.07) is 11.4. The maximum Gasteiger partial charge on any atom is 0.335 e. The lowest BCUT2D eigenvalue weighted by atomic mass is 10.1. The van der Waals surface area contributed by atoms with E-state index >= 15 is 0 Å². The number of anilines is 1. The monoisotopic (exact) mass is 354 g/mol. The first kappa shape index (κ1) is 19.2. The smallest absolute Gasteiger partial charge is 0.335 e. The van der Waals surface area contributed by atoms with Crippen LogP contribution in [0.4, 0.5) is 5.69 Å². The summed E-state index contributed by atoms with van der Waals surface area (Å²) < 4.78 is 0. The summed E-state index contributed by atoms with van der Waals surface area (Å²) in [7, 11) is 0. The van der Waals surface area contributed by atoms with Crippen LogP contribution in [0.15, 0.2) is 42.5 Å². The highest BCUT2D eigenvalue weighted by atomic mass is 16.4. The van der Waals surface area contributed by atoms with Gasteiger partial charge < -0.3 is 15.7 Å². The molecule has 0 atom stereocenters. The quantitative estimate of drug-likeness (QED) is 0.743. The van der Waals surface area contributed by atoms with Crippen molar-refractivity contribution in [2.24, 2.45) is 0 Å². The van der Waals surface area contributed by atoms with Crippen LogP contribution >= 0.6 is 0 Å². The number of nitrogens with one attached hydrogen (secondary N) is 2. The van der Waals surface area contributed by atoms with Gasteiger partial charge >= 0.3 is 5.97 Å². The largest absolute Gasteiger partial charge is 0.478 e. The van der Waals surface area contributed by atoms with Crippen LogP contribution in [0.3, 0.4) is 0 Å². The maximum atomic E-state index is 12.2. The molecule has 0 aliphatic heterocycles. The number of aromatic carboxylic acids is 1. The van der Waals surface area contributed by atoms with Gasteiger partial charge in [0.15, 0.2) is 0 Å². The molecule has 0 bridgehead atoms. The van der Waals surface area contributed by atoms with Crippen LogP contribution < -0.4 is 10.6 Å². The fourth-order valence-corrected chi connectivity index (χ4v) is 2.49. The maximum absolute atomic E-state index is 12.2. The van der Waals surface area contributed by atoms with Gasteiger partial charge in [-0.2, -0.15) is 0 Å². The highest BCUT2D eigenvalue weighted by Gasteiger charge is 2.13. The van der Waals surface area contributed by atoms with Crippen molar-refractivity contribution in [3.05, 3.63) is 64.7 Å². The first-order valence-electron chi connectivity index (χ1n) is 8.30. The second-order valence-electron chi connectivity index (χ2n) is 6.39. The zero-order valence-electron chi connectivity index (χ0n) is 15.0. The van der Waals surface area contributed by atoms with Crippen LogP contribution in [0.2, 0.25) is 0 Å². The number of carboxylic acid groups (broad SMARTS) is 1. The minimum absolute atomic E-state index is 0.0154. The van der Waals surface area contributed by atoms with Crippen LogP contribution in [0, 0.1) is 6.92 Å². The number of aryl methyl sites for hydroxylation is 1. The zero-order chi connectivity index (χ0) is 19.3. The third kappa shape index (κ3) is 5.17. The Kier molecular flexibility index (Phi) is 6.11. The van der Waals surface area contributed by atoms with Crippen LogP contribution in [-0.2, 0) is 11.2 Å². The molecule has 6 heteroatoms. The minimum atomic E-state index is -1.04. The van der Waals surface area contributed by atoms with Crippen molar-refractivity contribution >= 4 is 23.5 Å². The molecule has 0 radical (unpaired) electrons. The molecule has 0 fully saturated rings. The molecule has 0 spiro atoms. The van der Waals surface area contributed by atoms with Gasteiger partial charge in [-0.3, -0.25) is 9.59 Å². The summed E-state index contributed by atoms with van der Waals surface area (Å²) >= 11 is 0. The Morgan fingerprint density at radius 2 is 1.81 bits per heavy atom. The van der Waals surface area contributed by atoms with Crippen molar-refractivity contribution in [3.63, 3.8) is 0 Å². The van der Waals surface area contributed by atoms with E-state index in [1.165, 1.54) is 12.1 Å². The number of carbonyl (C=O) groups is 3. The van der Waals surface area contributed by atoms with Crippen molar-refractivity contribution in [2.75, 3.05) is 5.32 Å². The van der Waals surface area contributed by atoms with Crippen LogP contribution in [0.5, 0.6) is 0 Å². The van der Waals surface area contributed by atoms with E-state index in [9.17, 15) is 14.4 Å². The molecule has 0 aromatic heterocycles. The molecule has 0 unspecified atom stereocenters. The van der Waals surface area contributed by atoms with E-state index in [4.69, 9.17) is 5.11 Å². The molecule has 3 N–H and O–H groups in total. The first-order valence-corrected chi connectivity index (χ1v) is 8.30. The Morgan fingerprint density at radius 1 is 1.08 bits per heavy atom. The summed E-state index contributed by atoms with van der Waals surface area (Å²) in [6.07, 6.45) is 0.0442. The van der Waals surface area contributed by atoms with Crippen LogP contribution in [0.25, 0.3) is 0 Å². The number of carboxylic acids is 1. The summed E-state index contributed by atoms with van der Waals surface area (Å²) in [5.74, 6) is -1.51. The molecule has 2 amide bonds. The molecule has 0 aliphatic rings. The van der Waals surface area contributed by atoms with Crippen molar-refractivity contribution in [2.45, 2.75) is 33.2 Å². The van der Waals surface area contributed by atoms with E-state index in [-0.39, 0.29) is 29.8 Å². The number of hydrogen-bond donors (Lipinski definition) is 3. The molecule has 0 saturated carbocycles. The molecule has 0 saturated heterocycles. The highest BCUT2D eigenvalue weighted by molar-refractivity contribution is 5.99. The fraction of sp³-hybridized carbons (Fsp3) is 0.250. The Bertz CT molecular complexity index is 843. The zero-order valence-corrected chi connectivity index (χ0v) is 15.0. The molecule has 2 aromatic carbocycles. The third-order valence-electron chi connectivity index (χ3n) is 3.72. The predicted octanol–water partition coefficient (Wildman–Crippen LogP) is 3.01. The van der Waals surface area contributed by atoms with E-state index in [0.717, 1.165) is 5.56 Å². The van der Waals surface area contributed by atoms with E-state index in [2.05, 4.69) is 10.6 Å². The number of hydrogen-bond acceptors (Lipinski definition) is 3. The molecule has 0 heterocycles. The SMILES string of the molecule is Cc1ccc(NC(=O)Cc2cccc(C(=O)O)c2)cc1C(=O)NC(C)C. The number of carbonyl (C=O) groups excluding carboxylic acids is 2. The van der Waals surface area contributed by atoms with Crippen molar-refractivity contribution in [1.82, 2.24) is 5.32 Å². The number of amides is 2. The Labute approximate surface area is 152 Å². The Morgan fingerprint density at radius 3 is 2.46 bits per heavy atom. The van der Waals surface area contributed by atoms with E-state index in [0.29, 0.717) is 16.8 Å². The summed E-state index contributed by atoms with van der Waals surface area (Å²) in [5.41, 5.74) is 2.58. The van der Waals surface area contributed by atoms with Gasteiger partial charge in [0.05, 0.1) is 12.0 Å². The lowest BCUT2D eigenvalue weighted by molar-refractivity contribution is -0.115. The van der Waals surface area contributed by atoms with Crippen molar-refractivity contribution < 1.29 is 19.5 Å². The number of rotatable bonds is 6. The highest BCUT2D eigenvalue weighted by Crippen LogP contribution is 2.16. The fourth-order valence-electron chi connectivity index (χ4n) is 2.49. The van der Waals surface area contributed by atoms with Gasteiger partial charge in [-0.05, 0) is 56.2 Å². The second-order valence-corrected chi connectivity index (χ2v) is 6.39. The second kappa shape index (κ2) is 8.29. The molecule has 6 nitrogen and oxygen atoms in total. The minimum Gasteiger partial charge on any atom is -0.478 e. The Balaban J connectivity index is 2.10. The van der Waals surface area contributed by atoms with Gasteiger partial charge in [-0.15, -0.1) is 0 Å². The van der Waals surface area contributed by atoms with Gasteiger partial charge in [0.1, 0.15) is 0 Å². The molecule has 0 aliphatic carbocycles. The Hall–Kier alpha value is -3.15. The molecular weight excluding hydrogens is 332 g/mol. The van der Waals surface area contributed by atoms with Gasteiger partial charge in [-0.1, -0.05) is 18.2 Å². The van der Waals surface area contributed by atoms with E-state index < -0.39 is 5.97 Å². The molecule has 2 rings (SSSR count). The first-order chi connectivity index (χ1) is 12.3. The molecule has 26 heavy (non-hydrogen) atoms. The standard InChI is InChI=1S/C20H22N2O4/c1-12(2)21-19(24)17-11-16(8-7-13(17)3)22-18(23)10-14-5-4-6-15(9-14)20(25)26/h4-9,11-12H,10H2,1-3H3,(H,21,24)(H,22,23)(H,25,26). The van der Waals surface area contributed by atoms with Crippen LogP contribution in [-0.4, -0.2) is 28.9 Å². The average molecular weight is 354 g/mol. The third-order valence-corrected chi connectivity index (χ3v) is 3.72. The van der Waals surface area contributed by atoms with E-state index in [1.54, 1.807) is 30.3 Å².